The van der Waals surface area contributed by atoms with Gasteiger partial charge in [0.1, 0.15) is 34.9 Å². The average Bonchev–Trinajstić information content (AvgIpc) is 3.20. The number of carbonyl (C=O) groups is 2. The molecule has 2 amide bonds. The minimum absolute atomic E-state index is 0.0245. The van der Waals surface area contributed by atoms with Crippen LogP contribution in [0.1, 0.15) is 33.6 Å². The smallest absolute Gasteiger partial charge is 0.415 e. The molecular weight excluding hydrogens is 529 g/mol. The number of carbonyl (C=O) groups excluding carboxylic acids is 2. The number of aromatic nitrogens is 2. The minimum atomic E-state index is -0.741. The van der Waals surface area contributed by atoms with Gasteiger partial charge in [-0.1, -0.05) is 11.6 Å². The molecule has 10 nitrogen and oxygen atoms in total. The number of fused-ring (bicyclic) bond motifs is 1. The molecule has 3 heterocycles. The molecule has 1 aromatic heterocycles. The Hall–Kier alpha value is -3.86. The summed E-state index contributed by atoms with van der Waals surface area (Å²) in [5.41, 5.74) is 0.283. The van der Waals surface area contributed by atoms with E-state index in [2.05, 4.69) is 15.3 Å². The standard InChI is InChI=1S/C27H29ClFN5O5/c1-26(2,3)38-24(35)33-9-7-27(8-10-33)14-34(25(36)39-27)21-12-17-20(13-22(21)37-4)30-15-31-23(17)32-16-5-6-19(29)18(28)11-16/h5-6,11-13,15H,7-10,14H2,1-4H3,(H,30,31,32). The van der Waals surface area contributed by atoms with Gasteiger partial charge in [0.15, 0.2) is 0 Å². The first-order valence-electron chi connectivity index (χ1n) is 12.5. The molecule has 0 radical (unpaired) electrons. The largest absolute Gasteiger partial charge is 0.494 e. The first kappa shape index (κ1) is 26.7. The van der Waals surface area contributed by atoms with Crippen molar-refractivity contribution in [2.75, 3.05) is 37.0 Å². The number of nitrogens with zero attached hydrogens (tertiary/aromatic N) is 4. The van der Waals surface area contributed by atoms with E-state index in [4.69, 9.17) is 25.8 Å². The van der Waals surface area contributed by atoms with Crippen molar-refractivity contribution in [1.82, 2.24) is 14.9 Å². The fourth-order valence-electron chi connectivity index (χ4n) is 4.75. The van der Waals surface area contributed by atoms with Crippen LogP contribution in [0, 0.1) is 5.82 Å². The normalized spacial score (nSPS) is 16.9. The Balaban J connectivity index is 1.40. The molecule has 0 bridgehead atoms. The summed E-state index contributed by atoms with van der Waals surface area (Å²) in [4.78, 5) is 37.5. The first-order valence-corrected chi connectivity index (χ1v) is 12.9. The molecule has 0 saturated carbocycles. The maximum Gasteiger partial charge on any atom is 0.415 e. The number of benzene rings is 2. The fraction of sp³-hybridized carbons (Fsp3) is 0.407. The van der Waals surface area contributed by atoms with Crippen LogP contribution in [0.4, 0.5) is 31.2 Å². The van der Waals surface area contributed by atoms with Crippen LogP contribution in [-0.4, -0.2) is 65.0 Å². The van der Waals surface area contributed by atoms with Crippen LogP contribution >= 0.6 is 11.6 Å². The Kier molecular flexibility index (Phi) is 6.88. The Labute approximate surface area is 230 Å². The molecule has 2 aromatic carbocycles. The summed E-state index contributed by atoms with van der Waals surface area (Å²) in [5, 5.41) is 3.73. The summed E-state index contributed by atoms with van der Waals surface area (Å²) in [6.45, 7) is 6.58. The van der Waals surface area contributed by atoms with Crippen LogP contribution in [0.15, 0.2) is 36.7 Å². The molecule has 2 aliphatic rings. The zero-order chi connectivity index (χ0) is 27.9. The first-order chi connectivity index (χ1) is 18.5. The number of hydrogen-bond donors (Lipinski definition) is 1. The third-order valence-corrected chi connectivity index (χ3v) is 7.00. The van der Waals surface area contributed by atoms with Crippen LogP contribution < -0.4 is 15.0 Å². The van der Waals surface area contributed by atoms with Gasteiger partial charge in [0.05, 0.1) is 29.9 Å². The second kappa shape index (κ2) is 10.0. The van der Waals surface area contributed by atoms with Crippen LogP contribution in [0.5, 0.6) is 5.75 Å². The van der Waals surface area contributed by atoms with Crippen molar-refractivity contribution >= 4 is 51.9 Å². The molecule has 2 saturated heterocycles. The minimum Gasteiger partial charge on any atom is -0.494 e. The lowest BCUT2D eigenvalue weighted by Crippen LogP contribution is -2.49. The Morgan fingerprint density at radius 2 is 1.92 bits per heavy atom. The lowest BCUT2D eigenvalue weighted by molar-refractivity contribution is -0.0167. The second-order valence-corrected chi connectivity index (χ2v) is 11.0. The van der Waals surface area contributed by atoms with E-state index in [1.165, 1.54) is 30.5 Å². The van der Waals surface area contributed by atoms with Crippen molar-refractivity contribution in [1.29, 1.82) is 0 Å². The highest BCUT2D eigenvalue weighted by Crippen LogP contribution is 2.41. The van der Waals surface area contributed by atoms with Gasteiger partial charge in [-0.3, -0.25) is 4.90 Å². The molecule has 2 aliphatic heterocycles. The van der Waals surface area contributed by atoms with E-state index in [0.717, 1.165) is 0 Å². The van der Waals surface area contributed by atoms with Gasteiger partial charge in [-0.25, -0.2) is 23.9 Å². The highest BCUT2D eigenvalue weighted by atomic mass is 35.5. The van der Waals surface area contributed by atoms with Gasteiger partial charge in [0, 0.05) is 43.1 Å². The molecule has 206 valence electrons. The van der Waals surface area contributed by atoms with Crippen molar-refractivity contribution in [3.05, 3.63) is 47.5 Å². The van der Waals surface area contributed by atoms with Crippen molar-refractivity contribution in [3.63, 3.8) is 0 Å². The predicted molar refractivity (Wildman–Crippen MR) is 144 cm³/mol. The molecule has 39 heavy (non-hydrogen) atoms. The third kappa shape index (κ3) is 5.49. The molecule has 1 N–H and O–H groups in total. The van der Waals surface area contributed by atoms with Gasteiger partial charge in [-0.05, 0) is 45.0 Å². The number of anilines is 3. The van der Waals surface area contributed by atoms with Gasteiger partial charge in [-0.2, -0.15) is 0 Å². The highest BCUT2D eigenvalue weighted by Gasteiger charge is 2.49. The van der Waals surface area contributed by atoms with Crippen LogP contribution in [-0.2, 0) is 9.47 Å². The van der Waals surface area contributed by atoms with Gasteiger partial charge in [-0.15, -0.1) is 0 Å². The number of halogens is 2. The summed E-state index contributed by atoms with van der Waals surface area (Å²) < 4.78 is 30.6. The Morgan fingerprint density at radius 1 is 1.18 bits per heavy atom. The van der Waals surface area contributed by atoms with E-state index in [9.17, 15) is 14.0 Å². The van der Waals surface area contributed by atoms with Gasteiger partial charge >= 0.3 is 12.2 Å². The Bertz CT molecular complexity index is 1440. The number of hydrogen-bond acceptors (Lipinski definition) is 8. The van der Waals surface area contributed by atoms with Crippen molar-refractivity contribution in [3.8, 4) is 5.75 Å². The zero-order valence-electron chi connectivity index (χ0n) is 22.1. The molecular formula is C27H29ClFN5O5. The molecule has 3 aromatic rings. The molecule has 0 aliphatic carbocycles. The summed E-state index contributed by atoms with van der Waals surface area (Å²) in [6, 6.07) is 7.75. The van der Waals surface area contributed by atoms with Gasteiger partial charge in [0.25, 0.3) is 0 Å². The predicted octanol–water partition coefficient (Wildman–Crippen LogP) is 5.90. The summed E-state index contributed by atoms with van der Waals surface area (Å²) >= 11 is 5.94. The van der Waals surface area contributed by atoms with E-state index in [1.54, 1.807) is 23.1 Å². The van der Waals surface area contributed by atoms with Crippen molar-refractivity contribution in [2.24, 2.45) is 0 Å². The number of likely N-dealkylation sites (tertiary alicyclic amines) is 1. The average molecular weight is 558 g/mol. The summed E-state index contributed by atoms with van der Waals surface area (Å²) in [7, 11) is 1.52. The van der Waals surface area contributed by atoms with Crippen LogP contribution in [0.3, 0.4) is 0 Å². The summed E-state index contributed by atoms with van der Waals surface area (Å²) in [5.74, 6) is 0.358. The van der Waals surface area contributed by atoms with E-state index in [1.807, 2.05) is 20.8 Å². The SMILES string of the molecule is COc1cc2ncnc(Nc3ccc(F)c(Cl)c3)c2cc1N1CC2(CCN(C(=O)OC(C)(C)C)CC2)OC1=O. The molecule has 12 heteroatoms. The van der Waals surface area contributed by atoms with E-state index < -0.39 is 23.1 Å². The summed E-state index contributed by atoms with van der Waals surface area (Å²) in [6.07, 6.45) is 1.47. The monoisotopic (exact) mass is 557 g/mol. The molecule has 0 unspecified atom stereocenters. The van der Waals surface area contributed by atoms with Gasteiger partial charge in [0.2, 0.25) is 0 Å². The van der Waals surface area contributed by atoms with Crippen LogP contribution in [0.2, 0.25) is 5.02 Å². The van der Waals surface area contributed by atoms with Crippen molar-refractivity contribution in [2.45, 2.75) is 44.8 Å². The highest BCUT2D eigenvalue weighted by molar-refractivity contribution is 6.31. The number of ether oxygens (including phenoxy) is 3. The molecule has 1 spiro atoms. The number of nitrogens with one attached hydrogen (secondary N) is 1. The van der Waals surface area contributed by atoms with Crippen molar-refractivity contribution < 1.29 is 28.2 Å². The lowest BCUT2D eigenvalue weighted by atomic mass is 9.91. The lowest BCUT2D eigenvalue weighted by Gasteiger charge is -2.37. The third-order valence-electron chi connectivity index (χ3n) is 6.71. The van der Waals surface area contributed by atoms with Crippen LogP contribution in [0.25, 0.3) is 10.9 Å². The van der Waals surface area contributed by atoms with E-state index in [-0.39, 0.29) is 11.1 Å². The van der Waals surface area contributed by atoms with Gasteiger partial charge < -0.3 is 24.4 Å². The quantitative estimate of drug-likeness (QED) is 0.422. The number of amides is 2. The molecule has 5 rings (SSSR count). The molecule has 2 fully saturated rings. The maximum absolute atomic E-state index is 13.6. The van der Waals surface area contributed by atoms with E-state index in [0.29, 0.717) is 66.3 Å². The second-order valence-electron chi connectivity index (χ2n) is 10.6. The van der Waals surface area contributed by atoms with E-state index >= 15 is 0 Å². The number of piperidine rings is 1. The number of rotatable bonds is 4. The maximum atomic E-state index is 13.6. The molecule has 0 atom stereocenters. The number of methoxy groups -OCH3 is 1. The zero-order valence-corrected chi connectivity index (χ0v) is 22.8. The fourth-order valence-corrected chi connectivity index (χ4v) is 4.93. The Morgan fingerprint density at radius 3 is 2.59 bits per heavy atom. The topological polar surface area (TPSA) is 106 Å².